The molecule has 4 fully saturated rings. The Balaban J connectivity index is 1.54. The van der Waals surface area contributed by atoms with Gasteiger partial charge in [0, 0.05) is 6.42 Å². The summed E-state index contributed by atoms with van der Waals surface area (Å²) in [6.45, 7) is 9.08. The lowest BCUT2D eigenvalue weighted by Crippen LogP contribution is -2.54. The monoisotopic (exact) mass is 342 g/mol. The minimum atomic E-state index is -0.553. The van der Waals surface area contributed by atoms with Gasteiger partial charge in [0.25, 0.3) is 0 Å². The van der Waals surface area contributed by atoms with Crippen LogP contribution < -0.4 is 0 Å². The molecule has 138 valence electrons. The average molecular weight is 343 g/mol. The minimum Gasteiger partial charge on any atom is -0.390 e. The molecule has 0 aromatic rings. The first-order valence-electron chi connectivity index (χ1n) is 10.6. The van der Waals surface area contributed by atoms with Gasteiger partial charge in [0.1, 0.15) is 0 Å². The molecule has 0 aromatic heterocycles. The molecule has 4 saturated carbocycles. The molecule has 5 aliphatic rings. The van der Waals surface area contributed by atoms with E-state index >= 15 is 0 Å². The third-order valence-corrected chi connectivity index (χ3v) is 9.62. The topological polar surface area (TPSA) is 37.3 Å². The Morgan fingerprint density at radius 3 is 2.76 bits per heavy atom. The lowest BCUT2D eigenvalue weighted by atomic mass is 9.45. The lowest BCUT2D eigenvalue weighted by Gasteiger charge is -2.59. The van der Waals surface area contributed by atoms with Gasteiger partial charge < -0.3 is 5.11 Å². The van der Waals surface area contributed by atoms with Crippen molar-refractivity contribution in [2.45, 2.75) is 78.2 Å². The van der Waals surface area contributed by atoms with Gasteiger partial charge in [-0.25, -0.2) is 0 Å². The summed E-state index contributed by atoms with van der Waals surface area (Å²) in [5.74, 6) is 4.66. The van der Waals surface area contributed by atoms with Gasteiger partial charge in [-0.15, -0.1) is 0 Å². The second-order valence-corrected chi connectivity index (χ2v) is 11.0. The molecule has 5 rings (SSSR count). The van der Waals surface area contributed by atoms with Crippen LogP contribution in [-0.2, 0) is 4.79 Å². The summed E-state index contributed by atoms with van der Waals surface area (Å²) in [4.78, 5) is 11.9. The Hall–Kier alpha value is -0.630. The second-order valence-electron chi connectivity index (χ2n) is 11.0. The number of ketones is 1. The Kier molecular flexibility index (Phi) is 3.17. The normalized spacial score (nSPS) is 54.1. The molecule has 2 nitrogen and oxygen atoms in total. The predicted molar refractivity (Wildman–Crippen MR) is 98.9 cm³/mol. The van der Waals surface area contributed by atoms with Gasteiger partial charge in [-0.05, 0) is 105 Å². The molecule has 0 heterocycles. The van der Waals surface area contributed by atoms with E-state index in [4.69, 9.17) is 0 Å². The van der Waals surface area contributed by atoms with E-state index in [0.717, 1.165) is 37.0 Å². The number of rotatable bonds is 1. The highest BCUT2D eigenvalue weighted by Gasteiger charge is 2.78. The summed E-state index contributed by atoms with van der Waals surface area (Å²) in [7, 11) is 0. The van der Waals surface area contributed by atoms with Crippen molar-refractivity contribution in [1.29, 1.82) is 0 Å². The number of allylic oxidation sites excluding steroid dienone is 1. The Morgan fingerprint density at radius 2 is 2.04 bits per heavy atom. The highest BCUT2D eigenvalue weighted by atomic mass is 16.3. The molecule has 0 aromatic carbocycles. The Morgan fingerprint density at radius 1 is 1.28 bits per heavy atom. The molecule has 8 atom stereocenters. The number of carbonyl (C=O) groups is 1. The van der Waals surface area contributed by atoms with E-state index in [2.05, 4.69) is 13.8 Å². The van der Waals surface area contributed by atoms with Crippen molar-refractivity contribution in [3.8, 4) is 0 Å². The number of hydrogen-bond donors (Lipinski definition) is 1. The second kappa shape index (κ2) is 4.80. The molecule has 1 spiro atoms. The molecule has 0 radical (unpaired) electrons. The van der Waals surface area contributed by atoms with Crippen LogP contribution in [0.1, 0.15) is 72.6 Å². The van der Waals surface area contributed by atoms with Crippen molar-refractivity contribution in [1.82, 2.24) is 0 Å². The van der Waals surface area contributed by atoms with E-state index in [1.54, 1.807) is 0 Å². The first kappa shape index (κ1) is 16.5. The number of aliphatic hydroxyl groups is 1. The van der Waals surface area contributed by atoms with Gasteiger partial charge >= 0.3 is 0 Å². The first-order chi connectivity index (χ1) is 11.7. The van der Waals surface area contributed by atoms with Crippen molar-refractivity contribution in [2.24, 2.45) is 46.3 Å². The maximum Gasteiger partial charge on any atom is 0.155 e. The van der Waals surface area contributed by atoms with E-state index in [9.17, 15) is 9.90 Å². The molecule has 0 amide bonds. The van der Waals surface area contributed by atoms with Crippen molar-refractivity contribution >= 4 is 5.78 Å². The van der Waals surface area contributed by atoms with Crippen LogP contribution in [0.15, 0.2) is 11.6 Å². The summed E-state index contributed by atoms with van der Waals surface area (Å²) in [5, 5.41) is 10.9. The van der Waals surface area contributed by atoms with E-state index < -0.39 is 5.60 Å². The van der Waals surface area contributed by atoms with E-state index in [0.29, 0.717) is 34.4 Å². The standard InChI is InChI=1S/C23H34O2/c1-13-9-14-10-16(24)5-6-17(14)18-7-8-22(4)19(21(2,3)25)11-15-12-23(15,22)20(13)18/h10,13,15,17-20,25H,5-9,11-12H2,1-4H3/t13-,15-,17+,18-,19+,20-,22-,23-/m1/s1. The van der Waals surface area contributed by atoms with Crippen LogP contribution in [0, 0.1) is 46.3 Å². The molecule has 2 heteroatoms. The largest absolute Gasteiger partial charge is 0.390 e. The molecule has 5 aliphatic carbocycles. The van der Waals surface area contributed by atoms with Gasteiger partial charge in [0.2, 0.25) is 0 Å². The summed E-state index contributed by atoms with van der Waals surface area (Å²) in [6, 6.07) is 0. The zero-order valence-corrected chi connectivity index (χ0v) is 16.3. The molecule has 25 heavy (non-hydrogen) atoms. The summed E-state index contributed by atoms with van der Waals surface area (Å²) in [5.41, 5.74) is 1.74. The molecule has 0 aliphatic heterocycles. The lowest BCUT2D eigenvalue weighted by molar-refractivity contribution is -0.125. The van der Waals surface area contributed by atoms with Gasteiger partial charge in [-0.1, -0.05) is 19.4 Å². The molecule has 0 saturated heterocycles. The highest BCUT2D eigenvalue weighted by molar-refractivity contribution is 5.91. The third-order valence-electron chi connectivity index (χ3n) is 9.62. The molecular weight excluding hydrogens is 308 g/mol. The molecule has 1 N–H and O–H groups in total. The zero-order valence-electron chi connectivity index (χ0n) is 16.3. The van der Waals surface area contributed by atoms with Gasteiger partial charge in [0.15, 0.2) is 5.78 Å². The van der Waals surface area contributed by atoms with Crippen LogP contribution in [0.5, 0.6) is 0 Å². The van der Waals surface area contributed by atoms with E-state index in [1.165, 1.54) is 31.3 Å². The predicted octanol–water partition coefficient (Wildman–Crippen LogP) is 4.76. The number of hydrogen-bond acceptors (Lipinski definition) is 2. The highest BCUT2D eigenvalue weighted by Crippen LogP contribution is 2.84. The van der Waals surface area contributed by atoms with Crippen molar-refractivity contribution in [2.75, 3.05) is 0 Å². The quantitative estimate of drug-likeness (QED) is 0.746. The maximum absolute atomic E-state index is 11.9. The molecule has 0 bridgehead atoms. The third kappa shape index (κ3) is 1.93. The SMILES string of the molecule is C[C@@H]1CC2=CC(=O)CC[C@@H]2[C@H]2CC[C@]3(C)[C@H](C(C)(C)O)C[C@@H]4C[C@]43[C@@H]21. The van der Waals surface area contributed by atoms with Gasteiger partial charge in [0.05, 0.1) is 5.60 Å². The number of fused-ring (bicyclic) bond motifs is 3. The van der Waals surface area contributed by atoms with Crippen LogP contribution in [0.25, 0.3) is 0 Å². The smallest absolute Gasteiger partial charge is 0.155 e. The summed E-state index contributed by atoms with van der Waals surface area (Å²) >= 11 is 0. The van der Waals surface area contributed by atoms with Crippen LogP contribution in [0.3, 0.4) is 0 Å². The van der Waals surface area contributed by atoms with Crippen LogP contribution in [-0.4, -0.2) is 16.5 Å². The molecule has 0 unspecified atom stereocenters. The van der Waals surface area contributed by atoms with Gasteiger partial charge in [-0.2, -0.15) is 0 Å². The van der Waals surface area contributed by atoms with E-state index in [1.807, 2.05) is 19.9 Å². The zero-order chi connectivity index (χ0) is 17.8. The Labute approximate surface area is 152 Å². The number of carbonyl (C=O) groups excluding carboxylic acids is 1. The van der Waals surface area contributed by atoms with Crippen molar-refractivity contribution in [3.63, 3.8) is 0 Å². The minimum absolute atomic E-state index is 0.317. The maximum atomic E-state index is 11.9. The van der Waals surface area contributed by atoms with E-state index in [-0.39, 0.29) is 0 Å². The Bertz CT molecular complexity index is 655. The van der Waals surface area contributed by atoms with Crippen LogP contribution in [0.4, 0.5) is 0 Å². The fourth-order valence-corrected chi connectivity index (χ4v) is 8.95. The summed E-state index contributed by atoms with van der Waals surface area (Å²) < 4.78 is 0. The fraction of sp³-hybridized carbons (Fsp3) is 0.870. The average Bonchev–Trinajstić information content (AvgIpc) is 3.16. The van der Waals surface area contributed by atoms with Crippen LogP contribution in [0.2, 0.25) is 0 Å². The van der Waals surface area contributed by atoms with Gasteiger partial charge in [-0.3, -0.25) is 4.79 Å². The van der Waals surface area contributed by atoms with Crippen molar-refractivity contribution < 1.29 is 9.90 Å². The first-order valence-corrected chi connectivity index (χ1v) is 10.6. The van der Waals surface area contributed by atoms with Crippen LogP contribution >= 0.6 is 0 Å². The molecular formula is C23H34O2. The van der Waals surface area contributed by atoms with Crippen molar-refractivity contribution in [3.05, 3.63) is 11.6 Å². The summed E-state index contributed by atoms with van der Waals surface area (Å²) in [6.07, 6.45) is 10.3. The fourth-order valence-electron chi connectivity index (χ4n) is 8.95.